The Labute approximate surface area is 114 Å². The minimum atomic E-state index is -0.128. The van der Waals surface area contributed by atoms with Gasteiger partial charge in [0.1, 0.15) is 0 Å². The van der Waals surface area contributed by atoms with Gasteiger partial charge in [0, 0.05) is 24.1 Å². The van der Waals surface area contributed by atoms with Crippen LogP contribution in [0.25, 0.3) is 0 Å². The third-order valence-electron chi connectivity index (χ3n) is 3.49. The molecule has 0 spiro atoms. The molecule has 4 heteroatoms. The Kier molecular flexibility index (Phi) is 5.10. The number of carbonyl (C=O) groups is 1. The molecule has 0 bridgehead atoms. The lowest BCUT2D eigenvalue weighted by Gasteiger charge is -2.24. The molecule has 2 rings (SSSR count). The first kappa shape index (κ1) is 13.7. The summed E-state index contributed by atoms with van der Waals surface area (Å²) in [6, 6.07) is 9.20. The first-order valence-corrected chi connectivity index (χ1v) is 7.04. The van der Waals surface area contributed by atoms with Crippen molar-refractivity contribution in [1.29, 1.82) is 0 Å². The number of rotatable bonds is 4. The van der Waals surface area contributed by atoms with Crippen molar-refractivity contribution < 1.29 is 9.69 Å². The fourth-order valence-electron chi connectivity index (χ4n) is 2.39. The fraction of sp³-hybridized carbons (Fsp3) is 0.467. The third kappa shape index (κ3) is 4.17. The van der Waals surface area contributed by atoms with Crippen LogP contribution in [0.2, 0.25) is 0 Å². The Hall–Kier alpha value is -1.68. The molecule has 1 saturated heterocycles. The van der Waals surface area contributed by atoms with Crippen molar-refractivity contribution in [3.63, 3.8) is 0 Å². The summed E-state index contributed by atoms with van der Waals surface area (Å²) in [4.78, 5) is 13.5. The van der Waals surface area contributed by atoms with Crippen LogP contribution in [0.4, 0.5) is 0 Å². The summed E-state index contributed by atoms with van der Waals surface area (Å²) in [5.74, 6) is -0.128. The summed E-state index contributed by atoms with van der Waals surface area (Å²) in [6.07, 6.45) is 3.21. The number of piperidine rings is 1. The second-order valence-corrected chi connectivity index (χ2v) is 4.98. The molecule has 0 radical (unpaired) electrons. The molecule has 0 saturated carbocycles. The molecule has 4 nitrogen and oxygen atoms in total. The molecule has 1 aliphatic rings. The molecule has 0 aliphatic carbocycles. The number of carbonyl (C=O) groups excluding carboxylic acids is 1. The van der Waals surface area contributed by atoms with Crippen LogP contribution in [0.3, 0.4) is 0 Å². The zero-order chi connectivity index (χ0) is 13.5. The third-order valence-corrected chi connectivity index (χ3v) is 3.49. The van der Waals surface area contributed by atoms with E-state index in [4.69, 9.17) is 0 Å². The van der Waals surface area contributed by atoms with Gasteiger partial charge in [-0.2, -0.15) is 5.10 Å². The molecule has 1 heterocycles. The minimum absolute atomic E-state index is 0.128. The molecule has 0 unspecified atom stereocenters. The number of benzene rings is 1. The number of hydrogen-bond donors (Lipinski definition) is 2. The second kappa shape index (κ2) is 7.04. The number of quaternary nitrogens is 1. The summed E-state index contributed by atoms with van der Waals surface area (Å²) in [5, 5.41) is 4.26. The Balaban J connectivity index is 1.82. The van der Waals surface area contributed by atoms with E-state index >= 15 is 0 Å². The van der Waals surface area contributed by atoms with Crippen molar-refractivity contribution in [3.05, 3.63) is 35.9 Å². The molecule has 0 aromatic heterocycles. The van der Waals surface area contributed by atoms with Gasteiger partial charge in [0.25, 0.3) is 5.91 Å². The predicted molar refractivity (Wildman–Crippen MR) is 76.4 cm³/mol. The summed E-state index contributed by atoms with van der Waals surface area (Å²) < 4.78 is 0. The number of amides is 1. The quantitative estimate of drug-likeness (QED) is 0.775. The summed E-state index contributed by atoms with van der Waals surface area (Å²) in [6.45, 7) is 5.72. The van der Waals surface area contributed by atoms with E-state index in [0.29, 0.717) is 5.56 Å². The van der Waals surface area contributed by atoms with Gasteiger partial charge in [0.15, 0.2) is 0 Å². The molecule has 1 aromatic carbocycles. The molecular formula is C15H22N3O+. The lowest BCUT2D eigenvalue weighted by molar-refractivity contribution is -0.901. The van der Waals surface area contributed by atoms with Gasteiger partial charge in [-0.15, -0.1) is 0 Å². The Morgan fingerprint density at radius 1 is 1.26 bits per heavy atom. The van der Waals surface area contributed by atoms with Gasteiger partial charge < -0.3 is 4.90 Å². The van der Waals surface area contributed by atoms with Crippen molar-refractivity contribution in [2.45, 2.75) is 26.2 Å². The molecule has 102 valence electrons. The Morgan fingerprint density at radius 3 is 2.58 bits per heavy atom. The maximum atomic E-state index is 11.8. The van der Waals surface area contributed by atoms with Crippen LogP contribution >= 0.6 is 0 Å². The number of likely N-dealkylation sites (tertiary alicyclic amines) is 1. The lowest BCUT2D eigenvalue weighted by atomic mass is 10.1. The number of hydrazone groups is 1. The maximum absolute atomic E-state index is 11.8. The van der Waals surface area contributed by atoms with E-state index < -0.39 is 0 Å². The molecule has 1 fully saturated rings. The van der Waals surface area contributed by atoms with Crippen molar-refractivity contribution in [1.82, 2.24) is 5.43 Å². The molecule has 1 amide bonds. The van der Waals surface area contributed by atoms with Crippen molar-refractivity contribution in [3.8, 4) is 0 Å². The van der Waals surface area contributed by atoms with E-state index in [9.17, 15) is 4.79 Å². The maximum Gasteiger partial charge on any atom is 0.271 e. The molecule has 1 aliphatic heterocycles. The van der Waals surface area contributed by atoms with Gasteiger partial charge in [-0.1, -0.05) is 25.1 Å². The normalized spacial score (nSPS) is 19.0. The van der Waals surface area contributed by atoms with E-state index in [2.05, 4.69) is 17.5 Å². The Morgan fingerprint density at radius 2 is 1.95 bits per heavy atom. The van der Waals surface area contributed by atoms with Gasteiger partial charge in [-0.25, -0.2) is 5.43 Å². The Bertz CT molecular complexity index is 432. The second-order valence-electron chi connectivity index (χ2n) is 4.98. The van der Waals surface area contributed by atoms with E-state index in [1.54, 1.807) is 17.0 Å². The van der Waals surface area contributed by atoms with Crippen LogP contribution in [-0.4, -0.2) is 31.3 Å². The summed E-state index contributed by atoms with van der Waals surface area (Å²) >= 11 is 0. The predicted octanol–water partition coefficient (Wildman–Crippen LogP) is 0.861. The fourth-order valence-corrected chi connectivity index (χ4v) is 2.39. The standard InChI is InChI=1S/C15H21N3O/c1-2-10-18-11-8-14(9-12-18)16-17-15(19)13-6-4-3-5-7-13/h3-7H,2,8-12H2,1H3,(H,17,19)/p+1. The van der Waals surface area contributed by atoms with E-state index in [1.807, 2.05) is 18.2 Å². The zero-order valence-electron chi connectivity index (χ0n) is 11.5. The first-order valence-electron chi connectivity index (χ1n) is 7.04. The van der Waals surface area contributed by atoms with Gasteiger partial charge in [-0.05, 0) is 18.6 Å². The highest BCUT2D eigenvalue weighted by Gasteiger charge is 2.17. The average Bonchev–Trinajstić information content (AvgIpc) is 2.47. The highest BCUT2D eigenvalue weighted by atomic mass is 16.2. The largest absolute Gasteiger partial charge is 0.334 e. The lowest BCUT2D eigenvalue weighted by Crippen LogP contribution is -3.13. The van der Waals surface area contributed by atoms with Crippen LogP contribution < -0.4 is 10.3 Å². The van der Waals surface area contributed by atoms with Crippen LogP contribution in [0.1, 0.15) is 36.5 Å². The average molecular weight is 260 g/mol. The molecule has 2 N–H and O–H groups in total. The van der Waals surface area contributed by atoms with Crippen LogP contribution in [-0.2, 0) is 0 Å². The van der Waals surface area contributed by atoms with Crippen molar-refractivity contribution >= 4 is 11.6 Å². The summed E-state index contributed by atoms with van der Waals surface area (Å²) in [5.41, 5.74) is 4.42. The van der Waals surface area contributed by atoms with E-state index in [-0.39, 0.29) is 5.91 Å². The van der Waals surface area contributed by atoms with E-state index in [0.717, 1.165) is 31.6 Å². The van der Waals surface area contributed by atoms with Gasteiger partial charge >= 0.3 is 0 Å². The van der Waals surface area contributed by atoms with Gasteiger partial charge in [-0.3, -0.25) is 4.79 Å². The SMILES string of the molecule is CCC[NH+]1CCC(=NNC(=O)c2ccccc2)CC1. The monoisotopic (exact) mass is 260 g/mol. The number of nitrogens with one attached hydrogen (secondary N) is 2. The summed E-state index contributed by atoms with van der Waals surface area (Å²) in [7, 11) is 0. The minimum Gasteiger partial charge on any atom is -0.334 e. The van der Waals surface area contributed by atoms with Crippen molar-refractivity contribution in [2.75, 3.05) is 19.6 Å². The first-order chi connectivity index (χ1) is 9.29. The highest BCUT2D eigenvalue weighted by Crippen LogP contribution is 1.99. The van der Waals surface area contributed by atoms with Gasteiger partial charge in [0.2, 0.25) is 0 Å². The molecule has 19 heavy (non-hydrogen) atoms. The zero-order valence-corrected chi connectivity index (χ0v) is 11.5. The van der Waals surface area contributed by atoms with Crippen LogP contribution in [0.15, 0.2) is 35.4 Å². The van der Waals surface area contributed by atoms with Crippen LogP contribution in [0, 0.1) is 0 Å². The number of hydrogen-bond acceptors (Lipinski definition) is 2. The topological polar surface area (TPSA) is 45.9 Å². The van der Waals surface area contributed by atoms with E-state index in [1.165, 1.54) is 13.0 Å². The smallest absolute Gasteiger partial charge is 0.271 e. The molecule has 1 aromatic rings. The molecular weight excluding hydrogens is 238 g/mol. The number of nitrogens with zero attached hydrogens (tertiary/aromatic N) is 1. The highest BCUT2D eigenvalue weighted by molar-refractivity contribution is 5.95. The van der Waals surface area contributed by atoms with Crippen molar-refractivity contribution in [2.24, 2.45) is 5.10 Å². The molecule has 0 atom stereocenters. The van der Waals surface area contributed by atoms with Gasteiger partial charge in [0.05, 0.1) is 19.6 Å². The van der Waals surface area contributed by atoms with Crippen LogP contribution in [0.5, 0.6) is 0 Å².